The fourth-order valence-corrected chi connectivity index (χ4v) is 2.69. The van der Waals surface area contributed by atoms with Crippen molar-refractivity contribution >= 4 is 11.3 Å². The minimum absolute atomic E-state index is 0.00391. The lowest BCUT2D eigenvalue weighted by Crippen LogP contribution is -2.01. The van der Waals surface area contributed by atoms with Gasteiger partial charge in [-0.2, -0.15) is 5.10 Å². The van der Waals surface area contributed by atoms with Crippen molar-refractivity contribution in [3.8, 4) is 16.5 Å². The van der Waals surface area contributed by atoms with Crippen molar-refractivity contribution in [3.05, 3.63) is 16.8 Å². The number of ether oxygens (including phenoxy) is 1. The Balaban J connectivity index is 2.52. The topological polar surface area (TPSA) is 66.0 Å². The summed E-state index contributed by atoms with van der Waals surface area (Å²) in [6.07, 6.45) is 1.82. The summed E-state index contributed by atoms with van der Waals surface area (Å²) in [5.74, 6) is 0.730. The number of methoxy groups -OCH3 is 1. The molecule has 2 heterocycles. The van der Waals surface area contributed by atoms with Gasteiger partial charge in [0.15, 0.2) is 0 Å². The fraction of sp³-hybridized carbons (Fsp3) is 0.455. The van der Waals surface area contributed by atoms with Crippen LogP contribution in [0.3, 0.4) is 0 Å². The van der Waals surface area contributed by atoms with Crippen LogP contribution < -0.4 is 10.5 Å². The lowest BCUT2D eigenvalue weighted by atomic mass is 10.2. The van der Waals surface area contributed by atoms with Crippen molar-refractivity contribution in [3.63, 3.8) is 0 Å². The second-order valence-corrected chi connectivity index (χ2v) is 5.01. The first kappa shape index (κ1) is 12.1. The molecule has 0 spiro atoms. The number of aromatic nitrogens is 3. The maximum Gasteiger partial charge on any atom is 0.222 e. The summed E-state index contributed by atoms with van der Waals surface area (Å²) in [6, 6.07) is 0.00391. The first-order valence-electron chi connectivity index (χ1n) is 5.33. The predicted octanol–water partition coefficient (Wildman–Crippen LogP) is 1.88. The Morgan fingerprint density at radius 2 is 2.24 bits per heavy atom. The molecule has 5 nitrogen and oxygen atoms in total. The number of aryl methyl sites for hydroxylation is 2. The van der Waals surface area contributed by atoms with Crippen molar-refractivity contribution in [2.45, 2.75) is 19.9 Å². The molecule has 0 amide bonds. The van der Waals surface area contributed by atoms with E-state index in [0.717, 1.165) is 27.0 Å². The average Bonchev–Trinajstić information content (AvgIpc) is 2.82. The van der Waals surface area contributed by atoms with Gasteiger partial charge in [-0.25, -0.2) is 9.67 Å². The van der Waals surface area contributed by atoms with Gasteiger partial charge in [0.25, 0.3) is 0 Å². The van der Waals surface area contributed by atoms with Gasteiger partial charge in [-0.1, -0.05) is 0 Å². The molecule has 0 aliphatic rings. The van der Waals surface area contributed by atoms with Crippen LogP contribution in [0.15, 0.2) is 6.20 Å². The largest absolute Gasteiger partial charge is 0.481 e. The van der Waals surface area contributed by atoms with Gasteiger partial charge in [0, 0.05) is 24.2 Å². The van der Waals surface area contributed by atoms with Crippen molar-refractivity contribution < 1.29 is 4.74 Å². The minimum atomic E-state index is 0.00391. The molecule has 2 aromatic heterocycles. The monoisotopic (exact) mass is 252 g/mol. The first-order chi connectivity index (χ1) is 8.04. The minimum Gasteiger partial charge on any atom is -0.481 e. The summed E-state index contributed by atoms with van der Waals surface area (Å²) >= 11 is 1.58. The molecule has 0 radical (unpaired) electrons. The van der Waals surface area contributed by atoms with Crippen LogP contribution in [0, 0.1) is 6.92 Å². The number of nitrogens with two attached hydrogens (primary N) is 1. The fourth-order valence-electron chi connectivity index (χ4n) is 1.73. The molecule has 0 aliphatic carbocycles. The molecular weight excluding hydrogens is 236 g/mol. The summed E-state index contributed by atoms with van der Waals surface area (Å²) in [4.78, 5) is 5.46. The molecule has 6 heteroatoms. The maximum atomic E-state index is 5.84. The van der Waals surface area contributed by atoms with Crippen LogP contribution >= 0.6 is 11.3 Å². The van der Waals surface area contributed by atoms with Gasteiger partial charge in [-0.05, 0) is 13.8 Å². The van der Waals surface area contributed by atoms with E-state index < -0.39 is 0 Å². The summed E-state index contributed by atoms with van der Waals surface area (Å²) in [7, 11) is 3.50. The van der Waals surface area contributed by atoms with Crippen molar-refractivity contribution in [2.24, 2.45) is 12.8 Å². The van der Waals surface area contributed by atoms with Crippen molar-refractivity contribution in [1.82, 2.24) is 14.8 Å². The van der Waals surface area contributed by atoms with E-state index >= 15 is 0 Å². The van der Waals surface area contributed by atoms with E-state index in [1.54, 1.807) is 23.1 Å². The van der Waals surface area contributed by atoms with Crippen LogP contribution in [0.5, 0.6) is 5.88 Å². The smallest absolute Gasteiger partial charge is 0.222 e. The standard InChI is InChI=1S/C11H16N4OS/c1-6(12)8-5-13-10(17-8)9-7(2)14-15(3)11(9)16-4/h5-6H,12H2,1-4H3. The van der Waals surface area contributed by atoms with Gasteiger partial charge < -0.3 is 10.5 Å². The molecule has 2 aromatic rings. The van der Waals surface area contributed by atoms with Gasteiger partial charge in [0.1, 0.15) is 5.01 Å². The summed E-state index contributed by atoms with van der Waals surface area (Å²) < 4.78 is 7.08. The van der Waals surface area contributed by atoms with E-state index in [0.29, 0.717) is 0 Å². The number of thiazole rings is 1. The first-order valence-corrected chi connectivity index (χ1v) is 6.15. The van der Waals surface area contributed by atoms with Crippen molar-refractivity contribution in [1.29, 1.82) is 0 Å². The molecule has 0 bridgehead atoms. The van der Waals surface area contributed by atoms with Crippen LogP contribution in [0.25, 0.3) is 10.6 Å². The zero-order valence-corrected chi connectivity index (χ0v) is 11.2. The number of hydrogen-bond donors (Lipinski definition) is 1. The van der Waals surface area contributed by atoms with E-state index in [2.05, 4.69) is 10.1 Å². The molecule has 0 saturated carbocycles. The highest BCUT2D eigenvalue weighted by molar-refractivity contribution is 7.15. The highest BCUT2D eigenvalue weighted by atomic mass is 32.1. The molecule has 0 saturated heterocycles. The van der Waals surface area contributed by atoms with Crippen molar-refractivity contribution in [2.75, 3.05) is 7.11 Å². The lowest BCUT2D eigenvalue weighted by molar-refractivity contribution is 0.375. The van der Waals surface area contributed by atoms with E-state index in [4.69, 9.17) is 10.5 Å². The third kappa shape index (κ3) is 2.05. The molecule has 0 fully saturated rings. The molecule has 92 valence electrons. The van der Waals surface area contributed by atoms with Crippen LogP contribution in [0.4, 0.5) is 0 Å². The van der Waals surface area contributed by atoms with Crippen LogP contribution in [0.1, 0.15) is 23.5 Å². The summed E-state index contributed by atoms with van der Waals surface area (Å²) in [6.45, 7) is 3.90. The Morgan fingerprint density at radius 3 is 2.76 bits per heavy atom. The summed E-state index contributed by atoms with van der Waals surface area (Å²) in [5, 5.41) is 5.24. The molecule has 0 aliphatic heterocycles. The highest BCUT2D eigenvalue weighted by Crippen LogP contribution is 2.36. The Bertz CT molecular complexity index is 530. The molecule has 1 atom stereocenters. The second kappa shape index (κ2) is 4.46. The lowest BCUT2D eigenvalue weighted by Gasteiger charge is -2.02. The quantitative estimate of drug-likeness (QED) is 0.905. The number of rotatable bonds is 3. The van der Waals surface area contributed by atoms with E-state index in [9.17, 15) is 0 Å². The third-order valence-electron chi connectivity index (χ3n) is 2.55. The predicted molar refractivity (Wildman–Crippen MR) is 68.2 cm³/mol. The Kier molecular flexibility index (Phi) is 3.17. The highest BCUT2D eigenvalue weighted by Gasteiger charge is 2.19. The van der Waals surface area contributed by atoms with E-state index in [1.807, 2.05) is 27.1 Å². The maximum absolute atomic E-state index is 5.84. The third-order valence-corrected chi connectivity index (χ3v) is 3.76. The van der Waals surface area contributed by atoms with E-state index in [1.165, 1.54) is 0 Å². The van der Waals surface area contributed by atoms with Gasteiger partial charge in [0.2, 0.25) is 5.88 Å². The normalized spacial score (nSPS) is 12.8. The van der Waals surface area contributed by atoms with Gasteiger partial charge >= 0.3 is 0 Å². The van der Waals surface area contributed by atoms with Crippen LogP contribution in [0.2, 0.25) is 0 Å². The Hall–Kier alpha value is -1.40. The van der Waals surface area contributed by atoms with Crippen LogP contribution in [-0.2, 0) is 7.05 Å². The molecule has 2 rings (SSSR count). The molecule has 2 N–H and O–H groups in total. The second-order valence-electron chi connectivity index (χ2n) is 3.95. The number of hydrogen-bond acceptors (Lipinski definition) is 5. The summed E-state index contributed by atoms with van der Waals surface area (Å²) in [5.41, 5.74) is 7.70. The zero-order valence-electron chi connectivity index (χ0n) is 10.4. The number of nitrogens with zero attached hydrogens (tertiary/aromatic N) is 3. The van der Waals surface area contributed by atoms with Gasteiger partial charge in [-0.3, -0.25) is 0 Å². The molecule has 17 heavy (non-hydrogen) atoms. The SMILES string of the molecule is COc1c(-c2ncc(C(C)N)s2)c(C)nn1C. The van der Waals surface area contributed by atoms with E-state index in [-0.39, 0.29) is 6.04 Å². The molecule has 0 aromatic carbocycles. The molecular formula is C11H16N4OS. The average molecular weight is 252 g/mol. The Labute approximate surface area is 104 Å². The molecule has 1 unspecified atom stereocenters. The van der Waals surface area contributed by atoms with Gasteiger partial charge in [0.05, 0.1) is 18.4 Å². The Morgan fingerprint density at radius 1 is 1.53 bits per heavy atom. The van der Waals surface area contributed by atoms with Crippen LogP contribution in [-0.4, -0.2) is 21.9 Å². The zero-order chi connectivity index (χ0) is 12.6. The van der Waals surface area contributed by atoms with Gasteiger partial charge in [-0.15, -0.1) is 11.3 Å².